The molecule has 0 aliphatic heterocycles. The predicted molar refractivity (Wildman–Crippen MR) is 47.4 cm³/mol. The summed E-state index contributed by atoms with van der Waals surface area (Å²) >= 11 is 0. The van der Waals surface area contributed by atoms with E-state index in [0.29, 0.717) is 11.4 Å². The molecule has 0 atom stereocenters. The molecule has 0 radical (unpaired) electrons. The van der Waals surface area contributed by atoms with Crippen LogP contribution in [0.15, 0.2) is 17.3 Å². The van der Waals surface area contributed by atoms with Crippen molar-refractivity contribution in [3.05, 3.63) is 29.1 Å². The van der Waals surface area contributed by atoms with Crippen molar-refractivity contribution in [1.82, 2.24) is 4.98 Å². The summed E-state index contributed by atoms with van der Waals surface area (Å²) in [6.45, 7) is 1.67. The summed E-state index contributed by atoms with van der Waals surface area (Å²) in [5.41, 5.74) is 7.09. The molecule has 0 aliphatic carbocycles. The lowest BCUT2D eigenvalue weighted by Gasteiger charge is -2.03. The van der Waals surface area contributed by atoms with Gasteiger partial charge in [0.05, 0.1) is 12.3 Å². The van der Waals surface area contributed by atoms with E-state index >= 15 is 0 Å². The number of aryl methyl sites for hydroxylation is 1. The standard InChI is InChI=1S/C8H11N3O2/c1-5-2-3-6(8(9)11-13)10-7(5)4-12/h2-3,12-13H,4H2,1H3,(H2,9,11). The highest BCUT2D eigenvalue weighted by atomic mass is 16.4. The van der Waals surface area contributed by atoms with Crippen molar-refractivity contribution in [3.8, 4) is 0 Å². The molecule has 0 unspecified atom stereocenters. The highest BCUT2D eigenvalue weighted by Gasteiger charge is 2.04. The lowest BCUT2D eigenvalue weighted by molar-refractivity contribution is 0.276. The maximum Gasteiger partial charge on any atom is 0.188 e. The van der Waals surface area contributed by atoms with Gasteiger partial charge in [0, 0.05) is 0 Å². The summed E-state index contributed by atoms with van der Waals surface area (Å²) in [7, 11) is 0. The number of aliphatic hydroxyl groups excluding tert-OH is 1. The summed E-state index contributed by atoms with van der Waals surface area (Å²) in [5, 5.41) is 20.1. The van der Waals surface area contributed by atoms with Gasteiger partial charge in [-0.05, 0) is 18.6 Å². The molecular formula is C8H11N3O2. The molecular weight excluding hydrogens is 170 g/mol. The van der Waals surface area contributed by atoms with Gasteiger partial charge in [0.25, 0.3) is 0 Å². The van der Waals surface area contributed by atoms with Gasteiger partial charge in [0.2, 0.25) is 0 Å². The van der Waals surface area contributed by atoms with Crippen LogP contribution in [0.2, 0.25) is 0 Å². The SMILES string of the molecule is Cc1ccc(C(N)=NO)nc1CO. The van der Waals surface area contributed by atoms with Crippen molar-refractivity contribution in [1.29, 1.82) is 0 Å². The Labute approximate surface area is 75.5 Å². The molecule has 1 rings (SSSR count). The molecule has 13 heavy (non-hydrogen) atoms. The minimum absolute atomic E-state index is 0.0605. The normalized spacial score (nSPS) is 11.7. The van der Waals surface area contributed by atoms with Gasteiger partial charge >= 0.3 is 0 Å². The zero-order valence-corrected chi connectivity index (χ0v) is 7.23. The van der Waals surface area contributed by atoms with Gasteiger partial charge in [-0.1, -0.05) is 11.2 Å². The average Bonchev–Trinajstić information content (AvgIpc) is 2.17. The smallest absolute Gasteiger partial charge is 0.188 e. The largest absolute Gasteiger partial charge is 0.409 e. The van der Waals surface area contributed by atoms with Gasteiger partial charge in [-0.2, -0.15) is 0 Å². The molecule has 0 saturated carbocycles. The Morgan fingerprint density at radius 1 is 1.62 bits per heavy atom. The van der Waals surface area contributed by atoms with E-state index in [1.807, 2.05) is 6.92 Å². The third-order valence-electron chi connectivity index (χ3n) is 1.72. The van der Waals surface area contributed by atoms with Gasteiger partial charge in [0.15, 0.2) is 5.84 Å². The molecule has 1 heterocycles. The second-order valence-corrected chi connectivity index (χ2v) is 2.60. The molecule has 0 aliphatic rings. The van der Waals surface area contributed by atoms with Crippen LogP contribution in [0, 0.1) is 6.92 Å². The topological polar surface area (TPSA) is 91.7 Å². The van der Waals surface area contributed by atoms with E-state index < -0.39 is 0 Å². The second-order valence-electron chi connectivity index (χ2n) is 2.60. The van der Waals surface area contributed by atoms with Crippen LogP contribution in [0.3, 0.4) is 0 Å². The van der Waals surface area contributed by atoms with Crippen LogP contribution in [0.5, 0.6) is 0 Å². The van der Waals surface area contributed by atoms with Crippen LogP contribution in [0.1, 0.15) is 17.0 Å². The first kappa shape index (κ1) is 9.47. The second kappa shape index (κ2) is 3.86. The van der Waals surface area contributed by atoms with Gasteiger partial charge in [-0.15, -0.1) is 0 Å². The molecule has 1 aromatic rings. The number of nitrogens with zero attached hydrogens (tertiary/aromatic N) is 2. The van der Waals surface area contributed by atoms with Gasteiger partial charge in [0.1, 0.15) is 5.69 Å². The van der Waals surface area contributed by atoms with E-state index in [-0.39, 0.29) is 12.4 Å². The van der Waals surface area contributed by atoms with Crippen molar-refractivity contribution in [2.45, 2.75) is 13.5 Å². The molecule has 5 nitrogen and oxygen atoms in total. The van der Waals surface area contributed by atoms with Crippen LogP contribution in [-0.2, 0) is 6.61 Å². The molecule has 5 heteroatoms. The summed E-state index contributed by atoms with van der Waals surface area (Å²) < 4.78 is 0. The number of aliphatic hydroxyl groups is 1. The molecule has 0 saturated heterocycles. The summed E-state index contributed by atoms with van der Waals surface area (Å²) in [6.07, 6.45) is 0. The van der Waals surface area contributed by atoms with Gasteiger partial charge in [-0.3, -0.25) is 0 Å². The molecule has 0 fully saturated rings. The minimum Gasteiger partial charge on any atom is -0.409 e. The van der Waals surface area contributed by atoms with E-state index in [1.54, 1.807) is 12.1 Å². The summed E-state index contributed by atoms with van der Waals surface area (Å²) in [5.74, 6) is -0.0605. The molecule has 0 amide bonds. The number of hydrogen-bond donors (Lipinski definition) is 3. The van der Waals surface area contributed by atoms with Gasteiger partial charge in [-0.25, -0.2) is 4.98 Å². The maximum absolute atomic E-state index is 8.89. The molecule has 4 N–H and O–H groups in total. The van der Waals surface area contributed by atoms with Crippen LogP contribution < -0.4 is 5.73 Å². The third-order valence-corrected chi connectivity index (χ3v) is 1.72. The van der Waals surface area contributed by atoms with Crippen LogP contribution in [0.4, 0.5) is 0 Å². The molecule has 70 valence electrons. The van der Waals surface area contributed by atoms with E-state index in [4.69, 9.17) is 16.0 Å². The number of oxime groups is 1. The average molecular weight is 181 g/mol. The number of hydrogen-bond acceptors (Lipinski definition) is 4. The zero-order valence-electron chi connectivity index (χ0n) is 7.23. The van der Waals surface area contributed by atoms with Crippen LogP contribution in [0.25, 0.3) is 0 Å². The fourth-order valence-electron chi connectivity index (χ4n) is 0.925. The van der Waals surface area contributed by atoms with Crippen molar-refractivity contribution < 1.29 is 10.3 Å². The van der Waals surface area contributed by atoms with E-state index in [2.05, 4.69) is 10.1 Å². The third kappa shape index (κ3) is 1.94. The van der Waals surface area contributed by atoms with E-state index in [9.17, 15) is 0 Å². The quantitative estimate of drug-likeness (QED) is 0.259. The van der Waals surface area contributed by atoms with Crippen molar-refractivity contribution >= 4 is 5.84 Å². The Bertz CT molecular complexity index is 336. The fraction of sp³-hybridized carbons (Fsp3) is 0.250. The summed E-state index contributed by atoms with van der Waals surface area (Å²) in [6, 6.07) is 3.38. The Morgan fingerprint density at radius 2 is 2.31 bits per heavy atom. The monoisotopic (exact) mass is 181 g/mol. The number of amidine groups is 1. The van der Waals surface area contributed by atoms with Crippen molar-refractivity contribution in [2.75, 3.05) is 0 Å². The molecule has 1 aromatic heterocycles. The van der Waals surface area contributed by atoms with E-state index in [0.717, 1.165) is 5.56 Å². The lowest BCUT2D eigenvalue weighted by atomic mass is 10.2. The Morgan fingerprint density at radius 3 is 2.85 bits per heavy atom. The first-order valence-corrected chi connectivity index (χ1v) is 3.74. The predicted octanol–water partition coefficient (Wildman–Crippen LogP) is -0.0232. The maximum atomic E-state index is 8.89. The van der Waals surface area contributed by atoms with Crippen molar-refractivity contribution in [2.24, 2.45) is 10.9 Å². The molecule has 0 spiro atoms. The Balaban J connectivity index is 3.13. The van der Waals surface area contributed by atoms with Gasteiger partial charge < -0.3 is 16.0 Å². The highest BCUT2D eigenvalue weighted by molar-refractivity contribution is 5.95. The fourth-order valence-corrected chi connectivity index (χ4v) is 0.925. The van der Waals surface area contributed by atoms with Crippen LogP contribution >= 0.6 is 0 Å². The number of aromatic nitrogens is 1. The number of pyridine rings is 1. The number of rotatable bonds is 2. The van der Waals surface area contributed by atoms with Crippen molar-refractivity contribution in [3.63, 3.8) is 0 Å². The lowest BCUT2D eigenvalue weighted by Crippen LogP contribution is -2.16. The Hall–Kier alpha value is -1.62. The highest BCUT2D eigenvalue weighted by Crippen LogP contribution is 2.06. The summed E-state index contributed by atoms with van der Waals surface area (Å²) in [4.78, 5) is 4.00. The first-order valence-electron chi connectivity index (χ1n) is 3.74. The minimum atomic E-state index is -0.154. The molecule has 0 bridgehead atoms. The van der Waals surface area contributed by atoms with Crippen LogP contribution in [-0.4, -0.2) is 21.1 Å². The zero-order chi connectivity index (χ0) is 9.84. The first-order chi connectivity index (χ1) is 6.19. The molecule has 0 aromatic carbocycles. The number of nitrogens with two attached hydrogens (primary N) is 1. The Kier molecular flexibility index (Phi) is 2.81. The van der Waals surface area contributed by atoms with E-state index in [1.165, 1.54) is 0 Å².